The molecule has 0 aliphatic carbocycles. The van der Waals surface area contributed by atoms with Crippen LogP contribution in [0.1, 0.15) is 12.1 Å². The van der Waals surface area contributed by atoms with Crippen LogP contribution >= 0.6 is 0 Å². The van der Waals surface area contributed by atoms with Crippen molar-refractivity contribution < 1.29 is 21.9 Å². The maximum absolute atomic E-state index is 12.4. The summed E-state index contributed by atoms with van der Waals surface area (Å²) in [6.45, 7) is 0. The molecule has 0 spiro atoms. The number of primary sulfonamides is 1. The minimum Gasteiger partial charge on any atom is -0.479 e. The third-order valence-corrected chi connectivity index (χ3v) is 2.68. The molecule has 0 bridgehead atoms. The smallest absolute Gasteiger partial charge is 0.280 e. The van der Waals surface area contributed by atoms with Crippen molar-refractivity contribution in [2.75, 3.05) is 12.8 Å². The third-order valence-electron chi connectivity index (χ3n) is 1.73. The molecule has 1 aromatic heterocycles. The highest BCUT2D eigenvalue weighted by Crippen LogP contribution is 2.30. The van der Waals surface area contributed by atoms with Gasteiger partial charge in [0.25, 0.3) is 6.43 Å². The van der Waals surface area contributed by atoms with Gasteiger partial charge in [-0.3, -0.25) is 0 Å². The topological polar surface area (TPSA) is 108 Å². The summed E-state index contributed by atoms with van der Waals surface area (Å²) in [6, 6.07) is 0.623. The van der Waals surface area contributed by atoms with Crippen molar-refractivity contribution in [1.82, 2.24) is 4.98 Å². The summed E-state index contributed by atoms with van der Waals surface area (Å²) < 4.78 is 51.5. The van der Waals surface area contributed by atoms with Crippen LogP contribution in [0.2, 0.25) is 0 Å². The highest BCUT2D eigenvalue weighted by atomic mass is 32.2. The molecule has 90 valence electrons. The molecule has 0 fully saturated rings. The number of sulfonamides is 1. The fourth-order valence-corrected chi connectivity index (χ4v) is 1.71. The molecular weight excluding hydrogens is 244 g/mol. The van der Waals surface area contributed by atoms with Gasteiger partial charge in [0.05, 0.1) is 7.11 Å². The van der Waals surface area contributed by atoms with E-state index in [2.05, 4.69) is 9.72 Å². The van der Waals surface area contributed by atoms with Crippen molar-refractivity contribution in [3.8, 4) is 5.88 Å². The number of hydrogen-bond acceptors (Lipinski definition) is 5. The molecule has 0 aliphatic heterocycles. The minimum absolute atomic E-state index is 0.394. The number of hydrogen-bond donors (Lipinski definition) is 2. The molecule has 0 unspecified atom stereocenters. The molecule has 1 rings (SSSR count). The average Bonchev–Trinajstić information content (AvgIpc) is 2.15. The molecule has 9 heteroatoms. The highest BCUT2D eigenvalue weighted by molar-refractivity contribution is 7.89. The van der Waals surface area contributed by atoms with Crippen molar-refractivity contribution >= 4 is 15.7 Å². The Balaban J connectivity index is 3.55. The van der Waals surface area contributed by atoms with E-state index in [1.807, 2.05) is 0 Å². The van der Waals surface area contributed by atoms with Gasteiger partial charge in [-0.1, -0.05) is 0 Å². The molecule has 16 heavy (non-hydrogen) atoms. The normalized spacial score (nSPS) is 11.8. The number of ether oxygens (including phenoxy) is 1. The number of methoxy groups -OCH3 is 1. The third kappa shape index (κ3) is 2.36. The van der Waals surface area contributed by atoms with E-state index >= 15 is 0 Å². The average molecular weight is 253 g/mol. The lowest BCUT2D eigenvalue weighted by Crippen LogP contribution is -2.16. The van der Waals surface area contributed by atoms with Gasteiger partial charge >= 0.3 is 0 Å². The van der Waals surface area contributed by atoms with Crippen LogP contribution in [0.25, 0.3) is 0 Å². The first-order valence-corrected chi connectivity index (χ1v) is 5.47. The number of rotatable bonds is 3. The standard InChI is InChI=1S/C7H9F2N3O3S/c1-15-7-5(10)4(16(11,13)14)2-3(12-7)6(8)9/h2,6H,10H2,1H3,(H2,11,13,14). The van der Waals surface area contributed by atoms with Gasteiger partial charge < -0.3 is 10.5 Å². The summed E-state index contributed by atoms with van der Waals surface area (Å²) in [7, 11) is -3.07. The zero-order valence-electron chi connectivity index (χ0n) is 8.15. The molecule has 4 N–H and O–H groups in total. The summed E-state index contributed by atoms with van der Waals surface area (Å²) in [5.41, 5.74) is 4.19. The molecule has 0 radical (unpaired) electrons. The second-order valence-electron chi connectivity index (χ2n) is 2.81. The highest BCUT2D eigenvalue weighted by Gasteiger charge is 2.22. The molecule has 6 nitrogen and oxygen atoms in total. The van der Waals surface area contributed by atoms with Crippen LogP contribution in [0.15, 0.2) is 11.0 Å². The van der Waals surface area contributed by atoms with E-state index in [1.54, 1.807) is 0 Å². The molecule has 0 saturated carbocycles. The number of pyridine rings is 1. The first-order valence-electron chi connectivity index (χ1n) is 3.92. The molecule has 0 saturated heterocycles. The molecule has 0 aromatic carbocycles. The summed E-state index contributed by atoms with van der Waals surface area (Å²) in [4.78, 5) is 2.72. The van der Waals surface area contributed by atoms with E-state index in [9.17, 15) is 17.2 Å². The van der Waals surface area contributed by atoms with Gasteiger partial charge in [0, 0.05) is 0 Å². The van der Waals surface area contributed by atoms with Gasteiger partial charge in [-0.05, 0) is 6.07 Å². The van der Waals surface area contributed by atoms with Gasteiger partial charge in [0.1, 0.15) is 16.3 Å². The molecule has 0 atom stereocenters. The quantitative estimate of drug-likeness (QED) is 0.803. The SMILES string of the molecule is COc1nc(C(F)F)cc(S(N)(=O)=O)c1N. The first-order chi connectivity index (χ1) is 7.27. The number of nitrogens with zero attached hydrogens (tertiary/aromatic N) is 1. The second-order valence-corrected chi connectivity index (χ2v) is 4.34. The number of alkyl halides is 2. The molecular formula is C7H9F2N3O3S. The van der Waals surface area contributed by atoms with Gasteiger partial charge in [-0.25, -0.2) is 27.3 Å². The fourth-order valence-electron chi connectivity index (χ4n) is 1.03. The van der Waals surface area contributed by atoms with E-state index in [0.29, 0.717) is 6.07 Å². The van der Waals surface area contributed by atoms with Crippen LogP contribution < -0.4 is 15.6 Å². The van der Waals surface area contributed by atoms with Gasteiger partial charge in [0.15, 0.2) is 0 Å². The van der Waals surface area contributed by atoms with E-state index < -0.39 is 38.6 Å². The Kier molecular flexibility index (Phi) is 3.29. The summed E-state index contributed by atoms with van der Waals surface area (Å²) in [5.74, 6) is -0.401. The number of nitrogen functional groups attached to an aromatic ring is 1. The lowest BCUT2D eigenvalue weighted by atomic mass is 10.3. The maximum Gasteiger partial charge on any atom is 0.280 e. The predicted molar refractivity (Wildman–Crippen MR) is 51.5 cm³/mol. The predicted octanol–water partition coefficient (Wildman–Crippen LogP) is 0.257. The minimum atomic E-state index is -4.20. The molecule has 1 heterocycles. The Labute approximate surface area is 90.3 Å². The second kappa shape index (κ2) is 4.18. The number of aromatic nitrogens is 1. The Hall–Kier alpha value is -1.48. The number of halogens is 2. The Morgan fingerprint density at radius 1 is 1.50 bits per heavy atom. The number of nitrogens with two attached hydrogens (primary N) is 2. The van der Waals surface area contributed by atoms with Crippen molar-refractivity contribution in [3.63, 3.8) is 0 Å². The van der Waals surface area contributed by atoms with Crippen LogP contribution in [-0.4, -0.2) is 20.5 Å². The van der Waals surface area contributed by atoms with E-state index in [0.717, 1.165) is 7.11 Å². The van der Waals surface area contributed by atoms with Crippen molar-refractivity contribution in [1.29, 1.82) is 0 Å². The van der Waals surface area contributed by atoms with Crippen LogP contribution in [0.5, 0.6) is 5.88 Å². The summed E-state index contributed by atoms with van der Waals surface area (Å²) >= 11 is 0. The fraction of sp³-hybridized carbons (Fsp3) is 0.286. The molecule has 1 aromatic rings. The van der Waals surface area contributed by atoms with Crippen LogP contribution in [-0.2, 0) is 10.0 Å². The van der Waals surface area contributed by atoms with Gasteiger partial charge in [0.2, 0.25) is 15.9 Å². The van der Waals surface area contributed by atoms with E-state index in [-0.39, 0.29) is 0 Å². The molecule has 0 aliphatic rings. The maximum atomic E-state index is 12.4. The summed E-state index contributed by atoms with van der Waals surface area (Å²) in [5, 5.41) is 4.81. The lowest BCUT2D eigenvalue weighted by molar-refractivity contribution is 0.144. The molecule has 0 amide bonds. The number of anilines is 1. The monoisotopic (exact) mass is 253 g/mol. The first kappa shape index (κ1) is 12.6. The van der Waals surface area contributed by atoms with Crippen LogP contribution in [0.3, 0.4) is 0 Å². The summed E-state index contributed by atoms with van der Waals surface area (Å²) in [6.07, 6.45) is -2.95. The largest absolute Gasteiger partial charge is 0.479 e. The van der Waals surface area contributed by atoms with E-state index in [4.69, 9.17) is 10.9 Å². The van der Waals surface area contributed by atoms with Crippen LogP contribution in [0, 0.1) is 0 Å². The van der Waals surface area contributed by atoms with E-state index in [1.165, 1.54) is 0 Å². The zero-order chi connectivity index (χ0) is 12.5. The van der Waals surface area contributed by atoms with Gasteiger partial charge in [-0.2, -0.15) is 0 Å². The van der Waals surface area contributed by atoms with Crippen molar-refractivity contribution in [3.05, 3.63) is 11.8 Å². The zero-order valence-corrected chi connectivity index (χ0v) is 8.96. The Bertz CT molecular complexity index is 504. The van der Waals surface area contributed by atoms with Crippen molar-refractivity contribution in [2.24, 2.45) is 5.14 Å². The lowest BCUT2D eigenvalue weighted by Gasteiger charge is -2.10. The van der Waals surface area contributed by atoms with Crippen LogP contribution in [0.4, 0.5) is 14.5 Å². The Morgan fingerprint density at radius 2 is 2.06 bits per heavy atom. The van der Waals surface area contributed by atoms with Gasteiger partial charge in [-0.15, -0.1) is 0 Å². The Morgan fingerprint density at radius 3 is 2.44 bits per heavy atom. The van der Waals surface area contributed by atoms with Crippen molar-refractivity contribution in [2.45, 2.75) is 11.3 Å².